The first-order valence-corrected chi connectivity index (χ1v) is 6.15. The monoisotopic (exact) mass is 240 g/mol. The molecule has 0 heterocycles. The molecule has 1 aromatic carbocycles. The Balaban J connectivity index is 2.56. The summed E-state index contributed by atoms with van der Waals surface area (Å²) in [6.45, 7) is 4.39. The molecule has 0 unspecified atom stereocenters. The van der Waals surface area contributed by atoms with Gasteiger partial charge in [0, 0.05) is 17.1 Å². The van der Waals surface area contributed by atoms with Gasteiger partial charge in [0.15, 0.2) is 0 Å². The first-order chi connectivity index (χ1) is 7.50. The number of hydrogen-bond acceptors (Lipinski definition) is 2. The molecule has 0 aromatic heterocycles. The predicted molar refractivity (Wildman–Crippen MR) is 70.4 cm³/mol. The maximum Gasteiger partial charge on any atom is 0.0448 e. The maximum atomic E-state index is 6.11. The van der Waals surface area contributed by atoms with Crippen LogP contribution in [0.5, 0.6) is 0 Å². The summed E-state index contributed by atoms with van der Waals surface area (Å²) >= 11 is 5.83. The minimum Gasteiger partial charge on any atom is -0.326 e. The van der Waals surface area contributed by atoms with Crippen LogP contribution in [0.1, 0.15) is 38.3 Å². The molecule has 0 saturated heterocycles. The summed E-state index contributed by atoms with van der Waals surface area (Å²) < 4.78 is 0. The second-order valence-electron chi connectivity index (χ2n) is 4.71. The van der Waals surface area contributed by atoms with E-state index in [9.17, 15) is 0 Å². The maximum absolute atomic E-state index is 6.11. The van der Waals surface area contributed by atoms with Crippen molar-refractivity contribution in [3.63, 3.8) is 0 Å². The summed E-state index contributed by atoms with van der Waals surface area (Å²) in [6.07, 6.45) is 2.07. The van der Waals surface area contributed by atoms with Gasteiger partial charge < -0.3 is 11.5 Å². The van der Waals surface area contributed by atoms with Gasteiger partial charge in [-0.15, -0.1) is 0 Å². The van der Waals surface area contributed by atoms with Crippen molar-refractivity contribution in [2.75, 3.05) is 0 Å². The number of halogens is 1. The first-order valence-electron chi connectivity index (χ1n) is 5.77. The second-order valence-corrected chi connectivity index (χ2v) is 5.15. The van der Waals surface area contributed by atoms with Crippen LogP contribution in [-0.2, 0) is 0 Å². The van der Waals surface area contributed by atoms with Gasteiger partial charge in [-0.1, -0.05) is 37.6 Å². The smallest absolute Gasteiger partial charge is 0.0448 e. The van der Waals surface area contributed by atoms with E-state index < -0.39 is 0 Å². The van der Waals surface area contributed by atoms with Gasteiger partial charge in [0.05, 0.1) is 0 Å². The Hall–Kier alpha value is -0.570. The van der Waals surface area contributed by atoms with Gasteiger partial charge in [-0.05, 0) is 36.5 Å². The van der Waals surface area contributed by atoms with Crippen LogP contribution in [0.15, 0.2) is 24.3 Å². The summed E-state index contributed by atoms with van der Waals surface area (Å²) in [5.41, 5.74) is 13.2. The molecule has 0 radical (unpaired) electrons. The molecule has 16 heavy (non-hydrogen) atoms. The summed E-state index contributed by atoms with van der Waals surface area (Å²) in [6, 6.07) is 7.52. The van der Waals surface area contributed by atoms with Crippen LogP contribution < -0.4 is 11.5 Å². The molecule has 0 bridgehead atoms. The zero-order chi connectivity index (χ0) is 12.1. The van der Waals surface area contributed by atoms with Crippen LogP contribution in [0, 0.1) is 5.92 Å². The molecular weight excluding hydrogens is 220 g/mol. The third-order valence-electron chi connectivity index (χ3n) is 2.79. The SMILES string of the molecule is CC(C)CC[C@H](N)[C@H](N)c1ccc(Cl)cc1. The van der Waals surface area contributed by atoms with Gasteiger partial charge in [0.1, 0.15) is 0 Å². The van der Waals surface area contributed by atoms with E-state index in [0.29, 0.717) is 5.92 Å². The molecule has 0 saturated carbocycles. The van der Waals surface area contributed by atoms with E-state index in [1.165, 1.54) is 0 Å². The molecule has 1 aromatic rings. The van der Waals surface area contributed by atoms with Crippen LogP contribution in [0.3, 0.4) is 0 Å². The summed E-state index contributed by atoms with van der Waals surface area (Å²) in [5.74, 6) is 0.670. The molecule has 2 nitrogen and oxygen atoms in total. The quantitative estimate of drug-likeness (QED) is 0.831. The highest BCUT2D eigenvalue weighted by molar-refractivity contribution is 6.30. The lowest BCUT2D eigenvalue weighted by atomic mass is 9.94. The average molecular weight is 241 g/mol. The fraction of sp³-hybridized carbons (Fsp3) is 0.538. The molecule has 0 spiro atoms. The molecular formula is C13H21ClN2. The van der Waals surface area contributed by atoms with E-state index in [1.54, 1.807) is 0 Å². The molecule has 4 N–H and O–H groups in total. The molecule has 0 aliphatic heterocycles. The highest BCUT2D eigenvalue weighted by atomic mass is 35.5. The van der Waals surface area contributed by atoms with Crippen LogP contribution >= 0.6 is 11.6 Å². The average Bonchev–Trinajstić information content (AvgIpc) is 2.26. The Morgan fingerprint density at radius 1 is 1.06 bits per heavy atom. The molecule has 90 valence electrons. The minimum absolute atomic E-state index is 0.0172. The number of rotatable bonds is 5. The third-order valence-corrected chi connectivity index (χ3v) is 3.05. The molecule has 0 fully saturated rings. The molecule has 1 rings (SSSR count). The standard InChI is InChI=1S/C13H21ClN2/c1-9(2)3-8-12(15)13(16)10-4-6-11(14)7-5-10/h4-7,9,12-13H,3,8,15-16H2,1-2H3/t12-,13+/m0/s1. The molecule has 0 amide bonds. The van der Waals surface area contributed by atoms with Crippen LogP contribution in [0.4, 0.5) is 0 Å². The van der Waals surface area contributed by atoms with E-state index in [4.69, 9.17) is 23.1 Å². The molecule has 0 aliphatic rings. The summed E-state index contributed by atoms with van der Waals surface area (Å²) in [7, 11) is 0. The van der Waals surface area contributed by atoms with Crippen molar-refractivity contribution in [1.29, 1.82) is 0 Å². The van der Waals surface area contributed by atoms with Gasteiger partial charge in [0.2, 0.25) is 0 Å². The van der Waals surface area contributed by atoms with E-state index >= 15 is 0 Å². The molecule has 2 atom stereocenters. The lowest BCUT2D eigenvalue weighted by Gasteiger charge is -2.21. The fourth-order valence-corrected chi connectivity index (χ4v) is 1.76. The normalized spacial score (nSPS) is 15.1. The summed E-state index contributed by atoms with van der Waals surface area (Å²) in [4.78, 5) is 0. The van der Waals surface area contributed by atoms with Crippen molar-refractivity contribution in [2.24, 2.45) is 17.4 Å². The Kier molecular flexibility index (Phi) is 5.26. The highest BCUT2D eigenvalue weighted by Crippen LogP contribution is 2.19. The number of hydrogen-bond donors (Lipinski definition) is 2. The Morgan fingerprint density at radius 3 is 2.12 bits per heavy atom. The largest absolute Gasteiger partial charge is 0.326 e. The molecule has 3 heteroatoms. The van der Waals surface area contributed by atoms with Crippen molar-refractivity contribution in [1.82, 2.24) is 0 Å². The van der Waals surface area contributed by atoms with Crippen molar-refractivity contribution < 1.29 is 0 Å². The van der Waals surface area contributed by atoms with Crippen LogP contribution in [-0.4, -0.2) is 6.04 Å². The zero-order valence-electron chi connectivity index (χ0n) is 9.99. The minimum atomic E-state index is -0.101. The highest BCUT2D eigenvalue weighted by Gasteiger charge is 2.15. The fourth-order valence-electron chi connectivity index (χ4n) is 1.64. The van der Waals surface area contributed by atoms with E-state index in [0.717, 1.165) is 23.4 Å². The van der Waals surface area contributed by atoms with Crippen LogP contribution in [0.25, 0.3) is 0 Å². The Bertz CT molecular complexity index is 308. The van der Waals surface area contributed by atoms with E-state index in [1.807, 2.05) is 24.3 Å². The van der Waals surface area contributed by atoms with Crippen molar-refractivity contribution >= 4 is 11.6 Å². The first kappa shape index (κ1) is 13.5. The van der Waals surface area contributed by atoms with Crippen molar-refractivity contribution in [2.45, 2.75) is 38.8 Å². The second kappa shape index (κ2) is 6.24. The molecule has 0 aliphatic carbocycles. The zero-order valence-corrected chi connectivity index (χ0v) is 10.7. The van der Waals surface area contributed by atoms with Gasteiger partial charge in [0.25, 0.3) is 0 Å². The lowest BCUT2D eigenvalue weighted by Crippen LogP contribution is -2.34. The van der Waals surface area contributed by atoms with Gasteiger partial charge in [-0.3, -0.25) is 0 Å². The number of nitrogens with two attached hydrogens (primary N) is 2. The lowest BCUT2D eigenvalue weighted by molar-refractivity contribution is 0.449. The Morgan fingerprint density at radius 2 is 1.62 bits per heavy atom. The van der Waals surface area contributed by atoms with Gasteiger partial charge >= 0.3 is 0 Å². The van der Waals surface area contributed by atoms with Crippen molar-refractivity contribution in [3.05, 3.63) is 34.9 Å². The van der Waals surface area contributed by atoms with Gasteiger partial charge in [-0.25, -0.2) is 0 Å². The van der Waals surface area contributed by atoms with E-state index in [-0.39, 0.29) is 12.1 Å². The van der Waals surface area contributed by atoms with E-state index in [2.05, 4.69) is 13.8 Å². The third kappa shape index (κ3) is 4.12. The van der Waals surface area contributed by atoms with Crippen LogP contribution in [0.2, 0.25) is 5.02 Å². The Labute approximate surface area is 103 Å². The summed E-state index contributed by atoms with van der Waals surface area (Å²) in [5, 5.41) is 0.728. The topological polar surface area (TPSA) is 52.0 Å². The van der Waals surface area contributed by atoms with Crippen molar-refractivity contribution in [3.8, 4) is 0 Å². The van der Waals surface area contributed by atoms with Gasteiger partial charge in [-0.2, -0.15) is 0 Å². The number of benzene rings is 1. The predicted octanol–water partition coefficient (Wildman–Crippen LogP) is 3.10.